The lowest BCUT2D eigenvalue weighted by molar-refractivity contribution is 0.102. The van der Waals surface area contributed by atoms with E-state index in [0.29, 0.717) is 6.42 Å². The number of hydrogen-bond donors (Lipinski definition) is 4. The second-order valence-electron chi connectivity index (χ2n) is 6.60. The summed E-state index contributed by atoms with van der Waals surface area (Å²) in [5.41, 5.74) is -0.0557. The number of alkyl halides is 2. The smallest absolute Gasteiger partial charge is 0.264 e. The minimum absolute atomic E-state index is 0.0532. The van der Waals surface area contributed by atoms with Gasteiger partial charge in [0.1, 0.15) is 11.5 Å². The van der Waals surface area contributed by atoms with Crippen molar-refractivity contribution in [2.24, 2.45) is 0 Å². The van der Waals surface area contributed by atoms with Crippen LogP contribution in [0.5, 0.6) is 23.0 Å². The van der Waals surface area contributed by atoms with Crippen LogP contribution in [0.25, 0.3) is 0 Å². The maximum absolute atomic E-state index is 13.2. The van der Waals surface area contributed by atoms with Crippen LogP contribution < -0.4 is 10.1 Å². The monoisotopic (exact) mass is 479 g/mol. The van der Waals surface area contributed by atoms with Gasteiger partial charge in [-0.15, -0.1) is 0 Å². The van der Waals surface area contributed by atoms with Crippen LogP contribution in [0.15, 0.2) is 54.6 Å². The van der Waals surface area contributed by atoms with E-state index in [1.807, 2.05) is 13.8 Å². The molecule has 0 atom stereocenters. The van der Waals surface area contributed by atoms with Crippen LogP contribution in [0.1, 0.15) is 41.8 Å². The van der Waals surface area contributed by atoms with Crippen LogP contribution in [-0.2, 0) is 6.42 Å². The van der Waals surface area contributed by atoms with Gasteiger partial charge in [-0.25, -0.2) is 8.78 Å². The summed E-state index contributed by atoms with van der Waals surface area (Å²) in [6.07, 6.45) is -2.51. The number of hydrogen-bond acceptors (Lipinski definition) is 5. The summed E-state index contributed by atoms with van der Waals surface area (Å²) in [7, 11) is 0. The molecular formula is C24H24ClF2NO5. The average Bonchev–Trinajstić information content (AvgIpc) is 2.79. The number of aromatic hydroxyl groups is 3. The Morgan fingerprint density at radius 2 is 1.67 bits per heavy atom. The lowest BCUT2D eigenvalue weighted by Gasteiger charge is -2.16. The zero-order valence-corrected chi connectivity index (χ0v) is 18.7. The zero-order chi connectivity index (χ0) is 24.5. The molecular weight excluding hydrogens is 456 g/mol. The second-order valence-corrected chi connectivity index (χ2v) is 7.03. The number of halogens is 3. The molecule has 0 fully saturated rings. The molecule has 176 valence electrons. The molecule has 0 heterocycles. The number of benzene rings is 3. The average molecular weight is 480 g/mol. The van der Waals surface area contributed by atoms with Crippen molar-refractivity contribution in [1.82, 2.24) is 0 Å². The molecule has 3 aromatic carbocycles. The summed E-state index contributed by atoms with van der Waals surface area (Å²) in [6, 6.07) is 12.0. The molecule has 3 aromatic rings. The number of rotatable bonds is 7. The van der Waals surface area contributed by atoms with Gasteiger partial charge in [0.15, 0.2) is 11.5 Å². The number of amides is 1. The van der Waals surface area contributed by atoms with Crippen molar-refractivity contribution in [2.75, 3.05) is 11.9 Å². The predicted molar refractivity (Wildman–Crippen MR) is 123 cm³/mol. The summed E-state index contributed by atoms with van der Waals surface area (Å²) in [5.74, 6) is -1.84. The van der Waals surface area contributed by atoms with Crippen molar-refractivity contribution >= 4 is 23.2 Å². The highest BCUT2D eigenvalue weighted by Crippen LogP contribution is 2.39. The van der Waals surface area contributed by atoms with Gasteiger partial charge < -0.3 is 25.4 Å². The predicted octanol–water partition coefficient (Wildman–Crippen LogP) is 6.29. The first-order chi connectivity index (χ1) is 15.7. The van der Waals surface area contributed by atoms with Gasteiger partial charge in [0.25, 0.3) is 12.3 Å². The lowest BCUT2D eigenvalue weighted by atomic mass is 10.1. The third-order valence-corrected chi connectivity index (χ3v) is 4.60. The van der Waals surface area contributed by atoms with Gasteiger partial charge in [0.05, 0.1) is 17.9 Å². The van der Waals surface area contributed by atoms with Gasteiger partial charge >= 0.3 is 0 Å². The highest BCUT2D eigenvalue weighted by atomic mass is 35.5. The van der Waals surface area contributed by atoms with Gasteiger partial charge in [-0.3, -0.25) is 4.79 Å². The van der Waals surface area contributed by atoms with Crippen molar-refractivity contribution in [3.05, 3.63) is 76.3 Å². The molecule has 0 spiro atoms. The summed E-state index contributed by atoms with van der Waals surface area (Å²) < 4.78 is 32.0. The maximum atomic E-state index is 13.2. The Balaban J connectivity index is 0.00000187. The minimum atomic E-state index is -2.90. The Labute approximate surface area is 195 Å². The third kappa shape index (κ3) is 6.98. The van der Waals surface area contributed by atoms with E-state index in [1.165, 1.54) is 30.3 Å². The van der Waals surface area contributed by atoms with E-state index >= 15 is 0 Å². The van der Waals surface area contributed by atoms with E-state index in [2.05, 4.69) is 5.32 Å². The van der Waals surface area contributed by atoms with E-state index in [-0.39, 0.29) is 40.1 Å². The molecule has 6 nitrogen and oxygen atoms in total. The largest absolute Gasteiger partial charge is 0.508 e. The molecule has 0 saturated carbocycles. The number of phenols is 3. The minimum Gasteiger partial charge on any atom is -0.508 e. The van der Waals surface area contributed by atoms with E-state index in [0.717, 1.165) is 17.7 Å². The number of phenolic OH excluding ortho intramolecular Hbond substituents is 3. The molecule has 0 aliphatic carbocycles. The van der Waals surface area contributed by atoms with Crippen LogP contribution in [0.4, 0.5) is 14.5 Å². The topological polar surface area (TPSA) is 99.0 Å². The van der Waals surface area contributed by atoms with Crippen molar-refractivity contribution in [2.45, 2.75) is 26.7 Å². The standard InChI is InChI=1S/C22H18ClF2NO5.C2H6/c23-14-3-6-18(28)16(11-14)22(30)26-17-9-13(21(24)25)10-19(29)20(17)31-8-7-12-1-4-15(27)5-2-12;1-2/h1-6,9-11,21,27-29H,7-8H2,(H,26,30);1-2H3. The lowest BCUT2D eigenvalue weighted by Crippen LogP contribution is -2.14. The Bertz CT molecular complexity index is 1090. The van der Waals surface area contributed by atoms with E-state index in [1.54, 1.807) is 12.1 Å². The molecule has 0 unspecified atom stereocenters. The highest BCUT2D eigenvalue weighted by molar-refractivity contribution is 6.31. The van der Waals surface area contributed by atoms with Gasteiger partial charge in [-0.2, -0.15) is 0 Å². The van der Waals surface area contributed by atoms with Gasteiger partial charge in [-0.1, -0.05) is 37.6 Å². The third-order valence-electron chi connectivity index (χ3n) is 4.37. The first kappa shape index (κ1) is 25.7. The quantitative estimate of drug-likeness (QED) is 0.319. The summed E-state index contributed by atoms with van der Waals surface area (Å²) in [5, 5.41) is 32.0. The SMILES string of the molecule is CC.O=C(Nc1cc(C(F)F)cc(O)c1OCCc1ccc(O)cc1)c1cc(Cl)ccc1O. The van der Waals surface area contributed by atoms with Gasteiger partial charge in [0, 0.05) is 17.0 Å². The summed E-state index contributed by atoms with van der Waals surface area (Å²) in [6.45, 7) is 4.05. The summed E-state index contributed by atoms with van der Waals surface area (Å²) in [4.78, 5) is 12.6. The summed E-state index contributed by atoms with van der Waals surface area (Å²) >= 11 is 5.85. The van der Waals surface area contributed by atoms with Crippen LogP contribution in [0, 0.1) is 0 Å². The Morgan fingerprint density at radius 1 is 1.00 bits per heavy atom. The fourth-order valence-corrected chi connectivity index (χ4v) is 2.99. The highest BCUT2D eigenvalue weighted by Gasteiger charge is 2.20. The number of nitrogens with one attached hydrogen (secondary N) is 1. The maximum Gasteiger partial charge on any atom is 0.264 e. The molecule has 0 aromatic heterocycles. The van der Waals surface area contributed by atoms with Crippen molar-refractivity contribution in [3.63, 3.8) is 0 Å². The zero-order valence-electron chi connectivity index (χ0n) is 18.0. The first-order valence-electron chi connectivity index (χ1n) is 10.1. The normalized spacial score (nSPS) is 10.4. The Hall–Kier alpha value is -3.52. The molecule has 9 heteroatoms. The number of carbonyl (C=O) groups excluding carboxylic acids is 1. The van der Waals surface area contributed by atoms with Gasteiger partial charge in [0.2, 0.25) is 0 Å². The molecule has 0 radical (unpaired) electrons. The van der Waals surface area contributed by atoms with E-state index in [4.69, 9.17) is 16.3 Å². The van der Waals surface area contributed by atoms with Crippen molar-refractivity contribution < 1.29 is 33.6 Å². The molecule has 1 amide bonds. The number of ether oxygens (including phenoxy) is 1. The molecule has 33 heavy (non-hydrogen) atoms. The van der Waals surface area contributed by atoms with Gasteiger partial charge in [-0.05, 0) is 48.0 Å². The molecule has 0 aliphatic rings. The first-order valence-corrected chi connectivity index (χ1v) is 10.5. The second kappa shape index (κ2) is 11.9. The van der Waals surface area contributed by atoms with Crippen molar-refractivity contribution in [1.29, 1.82) is 0 Å². The Morgan fingerprint density at radius 3 is 2.30 bits per heavy atom. The van der Waals surface area contributed by atoms with Crippen LogP contribution in [0.2, 0.25) is 5.02 Å². The fourth-order valence-electron chi connectivity index (χ4n) is 2.82. The van der Waals surface area contributed by atoms with Crippen LogP contribution >= 0.6 is 11.6 Å². The van der Waals surface area contributed by atoms with Crippen LogP contribution in [0.3, 0.4) is 0 Å². The number of anilines is 1. The van der Waals surface area contributed by atoms with Crippen LogP contribution in [-0.4, -0.2) is 27.8 Å². The molecule has 0 bridgehead atoms. The molecule has 4 N–H and O–H groups in total. The van der Waals surface area contributed by atoms with Crippen molar-refractivity contribution in [3.8, 4) is 23.0 Å². The number of carbonyl (C=O) groups is 1. The van der Waals surface area contributed by atoms with E-state index in [9.17, 15) is 28.9 Å². The van der Waals surface area contributed by atoms with E-state index < -0.39 is 23.6 Å². The molecule has 0 saturated heterocycles. The molecule has 3 rings (SSSR count). The fraction of sp³-hybridized carbons (Fsp3) is 0.208. The Kier molecular flexibility index (Phi) is 9.30. The molecule has 0 aliphatic heterocycles.